The van der Waals surface area contributed by atoms with Gasteiger partial charge in [0.05, 0.1) is 12.7 Å². The van der Waals surface area contributed by atoms with Crippen LogP contribution in [0.4, 0.5) is 5.82 Å². The molecular formula is C21H37IN6O. The van der Waals surface area contributed by atoms with Crippen molar-refractivity contribution in [2.45, 2.75) is 45.9 Å². The molecule has 3 heterocycles. The van der Waals surface area contributed by atoms with Gasteiger partial charge in [0.1, 0.15) is 5.82 Å². The number of pyridine rings is 1. The summed E-state index contributed by atoms with van der Waals surface area (Å²) in [5.41, 5.74) is 1.23. The highest BCUT2D eigenvalue weighted by molar-refractivity contribution is 14.0. The maximum atomic E-state index is 5.65. The minimum Gasteiger partial charge on any atom is -0.375 e. The molecule has 1 aromatic rings. The fourth-order valence-corrected chi connectivity index (χ4v) is 4.26. The summed E-state index contributed by atoms with van der Waals surface area (Å²) < 4.78 is 5.65. The lowest BCUT2D eigenvalue weighted by atomic mass is 10.2. The number of nitrogens with one attached hydrogen (secondary N) is 1. The third-order valence-electron chi connectivity index (χ3n) is 5.83. The van der Waals surface area contributed by atoms with Crippen molar-refractivity contribution in [3.8, 4) is 0 Å². The predicted molar refractivity (Wildman–Crippen MR) is 130 cm³/mol. The second-order valence-electron chi connectivity index (χ2n) is 7.66. The molecule has 0 saturated carbocycles. The van der Waals surface area contributed by atoms with Gasteiger partial charge >= 0.3 is 0 Å². The molecule has 2 atom stereocenters. The van der Waals surface area contributed by atoms with Gasteiger partial charge in [-0.05, 0) is 44.1 Å². The zero-order valence-electron chi connectivity index (χ0n) is 18.3. The van der Waals surface area contributed by atoms with E-state index in [9.17, 15) is 0 Å². The van der Waals surface area contributed by atoms with Crippen molar-refractivity contribution in [2.24, 2.45) is 4.99 Å². The molecule has 3 rings (SSSR count). The fraction of sp³-hybridized carbons (Fsp3) is 0.714. The number of rotatable bonds is 6. The van der Waals surface area contributed by atoms with Crippen LogP contribution in [0.3, 0.4) is 0 Å². The maximum absolute atomic E-state index is 5.65. The van der Waals surface area contributed by atoms with Crippen LogP contribution < -0.4 is 10.2 Å². The summed E-state index contributed by atoms with van der Waals surface area (Å²) in [4.78, 5) is 16.3. The Morgan fingerprint density at radius 1 is 1.31 bits per heavy atom. The van der Waals surface area contributed by atoms with E-state index in [-0.39, 0.29) is 30.1 Å². The summed E-state index contributed by atoms with van der Waals surface area (Å²) in [7, 11) is 1.88. The number of morpholine rings is 1. The average molecular weight is 516 g/mol. The third kappa shape index (κ3) is 6.42. The molecule has 8 heteroatoms. The number of nitrogens with zero attached hydrogens (tertiary/aromatic N) is 5. The quantitative estimate of drug-likeness (QED) is 0.356. The molecule has 0 radical (unpaired) electrons. The van der Waals surface area contributed by atoms with Crippen LogP contribution in [0.1, 0.15) is 32.8 Å². The zero-order valence-corrected chi connectivity index (χ0v) is 20.6. The highest BCUT2D eigenvalue weighted by atomic mass is 127. The molecule has 29 heavy (non-hydrogen) atoms. The van der Waals surface area contributed by atoms with Gasteiger partial charge in [0.15, 0.2) is 5.96 Å². The number of hydrogen-bond acceptors (Lipinski definition) is 5. The number of aliphatic imine (C=N–C) groups is 1. The molecule has 1 aromatic heterocycles. The number of aromatic nitrogens is 1. The number of likely N-dealkylation sites (tertiary alicyclic amines) is 1. The lowest BCUT2D eigenvalue weighted by Crippen LogP contribution is -2.43. The topological polar surface area (TPSA) is 56.2 Å². The largest absolute Gasteiger partial charge is 0.375 e. The van der Waals surface area contributed by atoms with Gasteiger partial charge in [-0.15, -0.1) is 24.0 Å². The van der Waals surface area contributed by atoms with E-state index in [4.69, 9.17) is 4.74 Å². The van der Waals surface area contributed by atoms with Gasteiger partial charge in [-0.2, -0.15) is 0 Å². The Balaban J connectivity index is 0.00000300. The van der Waals surface area contributed by atoms with Crippen LogP contribution in [0.2, 0.25) is 0 Å². The Bertz CT molecular complexity index is 654. The summed E-state index contributed by atoms with van der Waals surface area (Å²) in [5.74, 6) is 2.03. The van der Waals surface area contributed by atoms with E-state index < -0.39 is 0 Å². The Hall–Kier alpha value is -1.13. The number of hydrogen-bond donors (Lipinski definition) is 1. The Morgan fingerprint density at radius 3 is 2.79 bits per heavy atom. The first-order valence-corrected chi connectivity index (χ1v) is 10.7. The molecule has 164 valence electrons. The monoisotopic (exact) mass is 516 g/mol. The minimum absolute atomic E-state index is 0. The van der Waals surface area contributed by atoms with Gasteiger partial charge in [-0.25, -0.2) is 4.98 Å². The lowest BCUT2D eigenvalue weighted by Gasteiger charge is -2.32. The van der Waals surface area contributed by atoms with E-state index in [0.717, 1.165) is 64.2 Å². The van der Waals surface area contributed by atoms with Crippen LogP contribution in [0.15, 0.2) is 23.3 Å². The van der Waals surface area contributed by atoms with E-state index >= 15 is 0 Å². The van der Waals surface area contributed by atoms with Crippen LogP contribution in [-0.4, -0.2) is 85.8 Å². The normalized spacial score (nSPS) is 22.7. The number of halogens is 1. The van der Waals surface area contributed by atoms with Crippen molar-refractivity contribution in [3.05, 3.63) is 23.9 Å². The minimum atomic E-state index is 0. The van der Waals surface area contributed by atoms with Gasteiger partial charge in [0.2, 0.25) is 0 Å². The number of ether oxygens (including phenoxy) is 1. The molecule has 0 aromatic carbocycles. The van der Waals surface area contributed by atoms with Crippen LogP contribution in [0.5, 0.6) is 0 Å². The molecule has 0 aliphatic carbocycles. The molecule has 0 bridgehead atoms. The van der Waals surface area contributed by atoms with Crippen molar-refractivity contribution in [2.75, 3.05) is 57.8 Å². The number of anilines is 1. The Kier molecular flexibility index (Phi) is 9.91. The van der Waals surface area contributed by atoms with Crippen LogP contribution >= 0.6 is 24.0 Å². The third-order valence-corrected chi connectivity index (χ3v) is 5.83. The molecule has 1 N–H and O–H groups in total. The predicted octanol–water partition coefficient (Wildman–Crippen LogP) is 2.42. The van der Waals surface area contributed by atoms with Gasteiger partial charge in [-0.1, -0.05) is 13.8 Å². The van der Waals surface area contributed by atoms with Gasteiger partial charge in [0.25, 0.3) is 0 Å². The van der Waals surface area contributed by atoms with Gasteiger partial charge in [-0.3, -0.25) is 9.89 Å². The first-order chi connectivity index (χ1) is 13.6. The van der Waals surface area contributed by atoms with E-state index in [1.807, 2.05) is 13.2 Å². The summed E-state index contributed by atoms with van der Waals surface area (Å²) >= 11 is 0. The fourth-order valence-electron chi connectivity index (χ4n) is 4.26. The Morgan fingerprint density at radius 2 is 2.10 bits per heavy atom. The summed E-state index contributed by atoms with van der Waals surface area (Å²) in [6.45, 7) is 14.3. The molecule has 2 fully saturated rings. The molecule has 0 amide bonds. The second-order valence-corrected chi connectivity index (χ2v) is 7.66. The van der Waals surface area contributed by atoms with Crippen LogP contribution in [0.25, 0.3) is 0 Å². The van der Waals surface area contributed by atoms with Gasteiger partial charge < -0.3 is 19.9 Å². The SMILES string of the molecule is CCN(CC)C1CCN(C(=NC)NCc2ccnc(N3CCOC(C)C3)c2)C1.I. The maximum Gasteiger partial charge on any atom is 0.193 e. The Labute approximate surface area is 192 Å². The molecule has 2 unspecified atom stereocenters. The molecular weight excluding hydrogens is 479 g/mol. The summed E-state index contributed by atoms with van der Waals surface area (Å²) in [5, 5.41) is 3.55. The average Bonchev–Trinajstić information content (AvgIpc) is 3.19. The summed E-state index contributed by atoms with van der Waals surface area (Å²) in [6, 6.07) is 4.89. The molecule has 2 aliphatic rings. The highest BCUT2D eigenvalue weighted by Crippen LogP contribution is 2.18. The van der Waals surface area contributed by atoms with E-state index in [1.165, 1.54) is 12.0 Å². The highest BCUT2D eigenvalue weighted by Gasteiger charge is 2.28. The van der Waals surface area contributed by atoms with Crippen LogP contribution in [0, 0.1) is 0 Å². The van der Waals surface area contributed by atoms with Crippen molar-refractivity contribution >= 4 is 35.8 Å². The van der Waals surface area contributed by atoms with E-state index in [0.29, 0.717) is 6.04 Å². The van der Waals surface area contributed by atoms with Crippen molar-refractivity contribution in [3.63, 3.8) is 0 Å². The summed E-state index contributed by atoms with van der Waals surface area (Å²) in [6.07, 6.45) is 3.36. The zero-order chi connectivity index (χ0) is 19.9. The first kappa shape index (κ1) is 24.1. The lowest BCUT2D eigenvalue weighted by molar-refractivity contribution is 0.0529. The number of likely N-dealkylation sites (N-methyl/N-ethyl adjacent to an activating group) is 1. The van der Waals surface area contributed by atoms with Crippen molar-refractivity contribution in [1.29, 1.82) is 0 Å². The van der Waals surface area contributed by atoms with Gasteiger partial charge in [0, 0.05) is 52.0 Å². The molecule has 7 nitrogen and oxygen atoms in total. The number of guanidine groups is 1. The van der Waals surface area contributed by atoms with E-state index in [1.54, 1.807) is 0 Å². The van der Waals surface area contributed by atoms with Crippen molar-refractivity contribution < 1.29 is 4.74 Å². The second kappa shape index (κ2) is 11.9. The first-order valence-electron chi connectivity index (χ1n) is 10.7. The standard InChI is InChI=1S/C21H36N6O.HI/c1-5-25(6-2)19-8-10-27(16-19)21(22-4)24-14-18-7-9-23-20(13-18)26-11-12-28-17(3)15-26;/h7,9,13,17,19H,5-6,8,10-12,14-16H2,1-4H3,(H,22,24);1H. The van der Waals surface area contributed by atoms with Crippen LogP contribution in [-0.2, 0) is 11.3 Å². The molecule has 2 saturated heterocycles. The van der Waals surface area contributed by atoms with E-state index in [2.05, 4.69) is 62.9 Å². The smallest absolute Gasteiger partial charge is 0.193 e. The van der Waals surface area contributed by atoms with Crippen molar-refractivity contribution in [1.82, 2.24) is 20.1 Å². The molecule has 0 spiro atoms. The molecule has 2 aliphatic heterocycles.